The van der Waals surface area contributed by atoms with Gasteiger partial charge in [0.05, 0.1) is 13.5 Å². The number of hydrogen-bond acceptors (Lipinski definition) is 4. The van der Waals surface area contributed by atoms with Crippen LogP contribution in [0, 0.1) is 0 Å². The molecular weight excluding hydrogens is 296 g/mol. The van der Waals surface area contributed by atoms with E-state index >= 15 is 0 Å². The van der Waals surface area contributed by atoms with Crippen LogP contribution in [0.5, 0.6) is 5.75 Å². The Hall–Kier alpha value is -1.64. The third-order valence-electron chi connectivity index (χ3n) is 2.98. The van der Waals surface area contributed by atoms with Crippen molar-refractivity contribution in [2.24, 2.45) is 0 Å². The molecule has 0 fully saturated rings. The molecule has 7 nitrogen and oxygen atoms in total. The van der Waals surface area contributed by atoms with Gasteiger partial charge in [0, 0.05) is 25.2 Å². The molecule has 21 heavy (non-hydrogen) atoms. The summed E-state index contributed by atoms with van der Waals surface area (Å²) in [7, 11) is -0.917. The zero-order valence-electron chi connectivity index (χ0n) is 12.2. The first-order valence-corrected chi connectivity index (χ1v) is 7.80. The molecule has 1 aromatic carbocycles. The highest BCUT2D eigenvalue weighted by Gasteiger charge is 2.22. The van der Waals surface area contributed by atoms with E-state index in [4.69, 9.17) is 9.84 Å². The van der Waals surface area contributed by atoms with Crippen LogP contribution in [0.4, 0.5) is 0 Å². The number of benzene rings is 1. The summed E-state index contributed by atoms with van der Waals surface area (Å²) in [5.41, 5.74) is 0.704. The summed E-state index contributed by atoms with van der Waals surface area (Å²) in [5, 5.41) is 8.60. The summed E-state index contributed by atoms with van der Waals surface area (Å²) >= 11 is 0. The molecule has 0 aliphatic heterocycles. The van der Waals surface area contributed by atoms with Crippen molar-refractivity contribution in [1.82, 2.24) is 9.03 Å². The summed E-state index contributed by atoms with van der Waals surface area (Å²) in [5.74, 6) is -0.462. The highest BCUT2D eigenvalue weighted by atomic mass is 32.2. The SMILES string of the molecule is COc1ccccc1C(C)NS(=O)(=O)N(C)CCC(=O)O. The second-order valence-corrected chi connectivity index (χ2v) is 6.36. The number of carbonyl (C=O) groups is 1. The van der Waals surface area contributed by atoms with Crippen molar-refractivity contribution >= 4 is 16.2 Å². The van der Waals surface area contributed by atoms with Crippen LogP contribution in [-0.2, 0) is 15.0 Å². The number of ether oxygens (including phenoxy) is 1. The summed E-state index contributed by atoms with van der Waals surface area (Å²) in [6.45, 7) is 1.60. The third kappa shape index (κ3) is 5.00. The lowest BCUT2D eigenvalue weighted by atomic mass is 10.1. The van der Waals surface area contributed by atoms with Crippen molar-refractivity contribution in [2.75, 3.05) is 20.7 Å². The molecule has 0 amide bonds. The Morgan fingerprint density at radius 2 is 2.05 bits per heavy atom. The molecule has 1 aromatic rings. The maximum Gasteiger partial charge on any atom is 0.304 e. The van der Waals surface area contributed by atoms with Gasteiger partial charge in [-0.25, -0.2) is 0 Å². The van der Waals surface area contributed by atoms with Gasteiger partial charge in [0.2, 0.25) is 0 Å². The van der Waals surface area contributed by atoms with E-state index in [-0.39, 0.29) is 13.0 Å². The molecule has 0 aromatic heterocycles. The maximum absolute atomic E-state index is 12.1. The predicted molar refractivity (Wildman–Crippen MR) is 78.3 cm³/mol. The molecule has 0 aliphatic rings. The number of carboxylic acid groups (broad SMARTS) is 1. The summed E-state index contributed by atoms with van der Waals surface area (Å²) < 4.78 is 32.9. The molecule has 1 rings (SSSR count). The average Bonchev–Trinajstić information content (AvgIpc) is 2.43. The van der Waals surface area contributed by atoms with Gasteiger partial charge < -0.3 is 9.84 Å². The normalized spacial score (nSPS) is 13.1. The van der Waals surface area contributed by atoms with Gasteiger partial charge in [-0.15, -0.1) is 0 Å². The van der Waals surface area contributed by atoms with Crippen molar-refractivity contribution in [3.05, 3.63) is 29.8 Å². The van der Waals surface area contributed by atoms with Crippen molar-refractivity contribution in [1.29, 1.82) is 0 Å². The van der Waals surface area contributed by atoms with Crippen LogP contribution >= 0.6 is 0 Å². The lowest BCUT2D eigenvalue weighted by molar-refractivity contribution is -0.137. The molecule has 0 saturated carbocycles. The van der Waals surface area contributed by atoms with Gasteiger partial charge in [0.15, 0.2) is 0 Å². The molecule has 118 valence electrons. The maximum atomic E-state index is 12.1. The summed E-state index contributed by atoms with van der Waals surface area (Å²) in [6.07, 6.45) is -0.250. The van der Waals surface area contributed by atoms with E-state index in [0.29, 0.717) is 11.3 Å². The number of hydrogen-bond donors (Lipinski definition) is 2. The molecular formula is C13H20N2O5S. The molecule has 8 heteroatoms. The number of nitrogens with zero attached hydrogens (tertiary/aromatic N) is 1. The van der Waals surface area contributed by atoms with Crippen LogP contribution in [0.25, 0.3) is 0 Å². The zero-order chi connectivity index (χ0) is 16.0. The van der Waals surface area contributed by atoms with E-state index in [2.05, 4.69) is 4.72 Å². The molecule has 0 heterocycles. The smallest absolute Gasteiger partial charge is 0.304 e. The van der Waals surface area contributed by atoms with Gasteiger partial charge in [0.1, 0.15) is 5.75 Å². The van der Waals surface area contributed by atoms with E-state index < -0.39 is 22.2 Å². The number of aliphatic carboxylic acids is 1. The van der Waals surface area contributed by atoms with Crippen LogP contribution in [0.3, 0.4) is 0 Å². The van der Waals surface area contributed by atoms with Crippen LogP contribution in [0.1, 0.15) is 24.9 Å². The Bertz CT molecular complexity index is 588. The van der Waals surface area contributed by atoms with E-state index in [1.165, 1.54) is 14.2 Å². The second kappa shape index (κ2) is 7.39. The van der Waals surface area contributed by atoms with Gasteiger partial charge in [0.25, 0.3) is 10.2 Å². The van der Waals surface area contributed by atoms with Gasteiger partial charge in [-0.1, -0.05) is 18.2 Å². The lowest BCUT2D eigenvalue weighted by Gasteiger charge is -2.22. The molecule has 1 unspecified atom stereocenters. The van der Waals surface area contributed by atoms with Crippen LogP contribution in [-0.4, -0.2) is 44.5 Å². The Morgan fingerprint density at radius 3 is 2.62 bits per heavy atom. The van der Waals surface area contributed by atoms with Gasteiger partial charge >= 0.3 is 5.97 Å². The Labute approximate surface area is 124 Å². The fourth-order valence-electron chi connectivity index (χ4n) is 1.77. The first-order valence-electron chi connectivity index (χ1n) is 6.36. The highest BCUT2D eigenvalue weighted by Crippen LogP contribution is 2.25. The van der Waals surface area contributed by atoms with E-state index in [1.54, 1.807) is 31.2 Å². The Balaban J connectivity index is 2.80. The zero-order valence-corrected chi connectivity index (χ0v) is 13.1. The number of methoxy groups -OCH3 is 1. The second-order valence-electron chi connectivity index (χ2n) is 4.55. The summed E-state index contributed by atoms with van der Waals surface area (Å²) in [4.78, 5) is 10.5. The first kappa shape index (κ1) is 17.4. The molecule has 2 N–H and O–H groups in total. The molecule has 0 bridgehead atoms. The summed E-state index contributed by atoms with van der Waals surface area (Å²) in [6, 6.07) is 6.59. The standard InChI is InChI=1S/C13H20N2O5S/c1-10(11-6-4-5-7-12(11)20-3)14-21(18,19)15(2)9-8-13(16)17/h4-7,10,14H,8-9H2,1-3H3,(H,16,17). The minimum Gasteiger partial charge on any atom is -0.496 e. The largest absolute Gasteiger partial charge is 0.496 e. The van der Waals surface area contributed by atoms with E-state index in [0.717, 1.165) is 4.31 Å². The molecule has 0 radical (unpaired) electrons. The van der Waals surface area contributed by atoms with Gasteiger partial charge in [-0.3, -0.25) is 4.79 Å². The minimum absolute atomic E-state index is 0.0939. The topological polar surface area (TPSA) is 95.9 Å². The average molecular weight is 316 g/mol. The fraction of sp³-hybridized carbons (Fsp3) is 0.462. The molecule has 0 saturated heterocycles. The van der Waals surface area contributed by atoms with Crippen molar-refractivity contribution in [3.63, 3.8) is 0 Å². The molecule has 1 atom stereocenters. The van der Waals surface area contributed by atoms with Crippen LogP contribution in [0.2, 0.25) is 0 Å². The van der Waals surface area contributed by atoms with Gasteiger partial charge in [-0.05, 0) is 13.0 Å². The number of para-hydroxylation sites is 1. The quantitative estimate of drug-likeness (QED) is 0.746. The number of nitrogens with one attached hydrogen (secondary N) is 1. The van der Waals surface area contributed by atoms with Gasteiger partial charge in [-0.2, -0.15) is 17.4 Å². The monoisotopic (exact) mass is 316 g/mol. The highest BCUT2D eigenvalue weighted by molar-refractivity contribution is 7.87. The van der Waals surface area contributed by atoms with Crippen LogP contribution in [0.15, 0.2) is 24.3 Å². The molecule has 0 spiro atoms. The van der Waals surface area contributed by atoms with Crippen molar-refractivity contribution in [3.8, 4) is 5.75 Å². The number of rotatable bonds is 8. The molecule has 0 aliphatic carbocycles. The number of carboxylic acids is 1. The minimum atomic E-state index is -3.76. The van der Waals surface area contributed by atoms with E-state index in [1.807, 2.05) is 0 Å². The van der Waals surface area contributed by atoms with Crippen molar-refractivity contribution in [2.45, 2.75) is 19.4 Å². The van der Waals surface area contributed by atoms with E-state index in [9.17, 15) is 13.2 Å². The first-order chi connectivity index (χ1) is 9.77. The lowest BCUT2D eigenvalue weighted by Crippen LogP contribution is -2.40. The Morgan fingerprint density at radius 1 is 1.43 bits per heavy atom. The van der Waals surface area contributed by atoms with Crippen LogP contribution < -0.4 is 9.46 Å². The Kier molecular flexibility index (Phi) is 6.13. The van der Waals surface area contributed by atoms with Crippen molar-refractivity contribution < 1.29 is 23.1 Å². The fourth-order valence-corrected chi connectivity index (χ4v) is 2.86. The third-order valence-corrected chi connectivity index (χ3v) is 4.64. The predicted octanol–water partition coefficient (Wildman–Crippen LogP) is 0.997.